The van der Waals surface area contributed by atoms with Gasteiger partial charge in [-0.15, -0.1) is 0 Å². The molecule has 2 amide bonds. The summed E-state index contributed by atoms with van der Waals surface area (Å²) in [5, 5.41) is 9.28. The Morgan fingerprint density at radius 2 is 2.00 bits per heavy atom. The molecular weight excluding hydrogens is 252 g/mol. The smallest absolute Gasteiger partial charge is 0.232 e. The summed E-state index contributed by atoms with van der Waals surface area (Å²) < 4.78 is 0. The first-order valence-electron chi connectivity index (χ1n) is 6.70. The van der Waals surface area contributed by atoms with Crippen molar-refractivity contribution in [3.8, 4) is 6.07 Å². The molecule has 20 heavy (non-hydrogen) atoms. The lowest BCUT2D eigenvalue weighted by molar-refractivity contribution is -0.139. The molecule has 4 nitrogen and oxygen atoms in total. The monoisotopic (exact) mass is 270 g/mol. The molecule has 1 heterocycles. The second kappa shape index (κ2) is 5.09. The van der Waals surface area contributed by atoms with Crippen LogP contribution in [0, 0.1) is 17.2 Å². The first kappa shape index (κ1) is 14.3. The van der Waals surface area contributed by atoms with Crippen molar-refractivity contribution in [1.82, 2.24) is 4.90 Å². The van der Waals surface area contributed by atoms with Crippen LogP contribution in [0.25, 0.3) is 0 Å². The standard InChI is InChI=1S/C16H18N2O2/c1-11-8-14(19)18(15(11)20)9-12-6-4-5-7-13(12)16(2,3)10-17/h4-7,11H,8-9H2,1-3H3. The summed E-state index contributed by atoms with van der Waals surface area (Å²) in [4.78, 5) is 25.2. The first-order chi connectivity index (χ1) is 9.36. The molecule has 1 aliphatic heterocycles. The van der Waals surface area contributed by atoms with Gasteiger partial charge in [-0.05, 0) is 25.0 Å². The molecule has 0 radical (unpaired) electrons. The lowest BCUT2D eigenvalue weighted by Crippen LogP contribution is -2.31. The van der Waals surface area contributed by atoms with Gasteiger partial charge in [-0.25, -0.2) is 0 Å². The van der Waals surface area contributed by atoms with E-state index in [0.29, 0.717) is 0 Å². The van der Waals surface area contributed by atoms with Gasteiger partial charge >= 0.3 is 0 Å². The van der Waals surface area contributed by atoms with E-state index in [9.17, 15) is 14.9 Å². The largest absolute Gasteiger partial charge is 0.278 e. The molecule has 1 saturated heterocycles. The van der Waals surface area contributed by atoms with E-state index in [2.05, 4.69) is 6.07 Å². The second-order valence-electron chi connectivity index (χ2n) is 5.82. The molecular formula is C16H18N2O2. The van der Waals surface area contributed by atoms with Crippen LogP contribution in [0.5, 0.6) is 0 Å². The maximum atomic E-state index is 12.0. The highest BCUT2D eigenvalue weighted by Gasteiger charge is 2.36. The van der Waals surface area contributed by atoms with Crippen LogP contribution in [-0.4, -0.2) is 16.7 Å². The maximum Gasteiger partial charge on any atom is 0.232 e. The number of hydrogen-bond donors (Lipinski definition) is 0. The van der Waals surface area contributed by atoms with E-state index in [1.807, 2.05) is 38.1 Å². The van der Waals surface area contributed by atoms with Gasteiger partial charge in [0.05, 0.1) is 18.0 Å². The van der Waals surface area contributed by atoms with E-state index in [0.717, 1.165) is 11.1 Å². The van der Waals surface area contributed by atoms with Gasteiger partial charge in [-0.2, -0.15) is 5.26 Å². The number of benzene rings is 1. The Morgan fingerprint density at radius 3 is 2.55 bits per heavy atom. The Bertz CT molecular complexity index is 599. The third-order valence-corrected chi connectivity index (χ3v) is 3.77. The fourth-order valence-corrected chi connectivity index (χ4v) is 2.51. The van der Waals surface area contributed by atoms with Crippen LogP contribution >= 0.6 is 0 Å². The normalized spacial score (nSPS) is 19.3. The fourth-order valence-electron chi connectivity index (χ4n) is 2.51. The van der Waals surface area contributed by atoms with Crippen molar-refractivity contribution in [1.29, 1.82) is 5.26 Å². The summed E-state index contributed by atoms with van der Waals surface area (Å²) in [6.07, 6.45) is 0.280. The predicted octanol–water partition coefficient (Wildman–Crippen LogP) is 2.38. The molecule has 1 aromatic carbocycles. The highest BCUT2D eigenvalue weighted by atomic mass is 16.2. The summed E-state index contributed by atoms with van der Waals surface area (Å²) in [6.45, 7) is 5.69. The lowest BCUT2D eigenvalue weighted by Gasteiger charge is -2.23. The Kier molecular flexibility index (Phi) is 3.63. The lowest BCUT2D eigenvalue weighted by atomic mass is 9.83. The Hall–Kier alpha value is -2.15. The Labute approximate surface area is 119 Å². The molecule has 1 aliphatic rings. The summed E-state index contributed by atoms with van der Waals surface area (Å²) in [5.41, 5.74) is 1.08. The van der Waals surface area contributed by atoms with Gasteiger partial charge in [-0.3, -0.25) is 14.5 Å². The topological polar surface area (TPSA) is 61.2 Å². The van der Waals surface area contributed by atoms with Crippen molar-refractivity contribution in [2.24, 2.45) is 5.92 Å². The van der Waals surface area contributed by atoms with Gasteiger partial charge < -0.3 is 0 Å². The molecule has 0 aromatic heterocycles. The average molecular weight is 270 g/mol. The van der Waals surface area contributed by atoms with Crippen molar-refractivity contribution in [3.05, 3.63) is 35.4 Å². The summed E-state index contributed by atoms with van der Waals surface area (Å²) in [5.74, 6) is -0.495. The minimum Gasteiger partial charge on any atom is -0.278 e. The van der Waals surface area contributed by atoms with Crippen molar-refractivity contribution >= 4 is 11.8 Å². The minimum atomic E-state index is -0.645. The van der Waals surface area contributed by atoms with Gasteiger partial charge in [0.15, 0.2) is 0 Å². The molecule has 4 heteroatoms. The zero-order chi connectivity index (χ0) is 14.9. The molecule has 1 aromatic rings. The number of nitrogens with zero attached hydrogens (tertiary/aromatic N) is 2. The van der Waals surface area contributed by atoms with Crippen LogP contribution in [0.15, 0.2) is 24.3 Å². The number of hydrogen-bond acceptors (Lipinski definition) is 3. The van der Waals surface area contributed by atoms with Crippen LogP contribution in [0.4, 0.5) is 0 Å². The zero-order valence-corrected chi connectivity index (χ0v) is 12.0. The van der Waals surface area contributed by atoms with Crippen molar-refractivity contribution < 1.29 is 9.59 Å². The van der Waals surface area contributed by atoms with Crippen molar-refractivity contribution in [3.63, 3.8) is 0 Å². The number of carbonyl (C=O) groups excluding carboxylic acids is 2. The number of rotatable bonds is 3. The Balaban J connectivity index is 2.34. The van der Waals surface area contributed by atoms with E-state index in [1.54, 1.807) is 6.92 Å². The third kappa shape index (κ3) is 2.44. The van der Waals surface area contributed by atoms with Crippen molar-refractivity contribution in [2.45, 2.75) is 39.2 Å². The zero-order valence-electron chi connectivity index (χ0n) is 12.0. The summed E-state index contributed by atoms with van der Waals surface area (Å²) in [6, 6.07) is 9.75. The van der Waals surface area contributed by atoms with E-state index < -0.39 is 5.41 Å². The van der Waals surface area contributed by atoms with Gasteiger partial charge in [-0.1, -0.05) is 31.2 Å². The molecule has 0 aliphatic carbocycles. The van der Waals surface area contributed by atoms with E-state index in [-0.39, 0.29) is 30.7 Å². The van der Waals surface area contributed by atoms with Crippen LogP contribution in [-0.2, 0) is 21.5 Å². The highest BCUT2D eigenvalue weighted by Crippen LogP contribution is 2.28. The summed E-state index contributed by atoms with van der Waals surface area (Å²) >= 11 is 0. The van der Waals surface area contributed by atoms with Crippen LogP contribution in [0.2, 0.25) is 0 Å². The van der Waals surface area contributed by atoms with Gasteiger partial charge in [0.1, 0.15) is 0 Å². The molecule has 104 valence electrons. The highest BCUT2D eigenvalue weighted by molar-refractivity contribution is 6.03. The van der Waals surface area contributed by atoms with E-state index in [4.69, 9.17) is 0 Å². The van der Waals surface area contributed by atoms with E-state index >= 15 is 0 Å². The number of carbonyl (C=O) groups is 2. The molecule has 0 spiro atoms. The molecule has 1 unspecified atom stereocenters. The summed E-state index contributed by atoms with van der Waals surface area (Å²) in [7, 11) is 0. The van der Waals surface area contributed by atoms with Crippen LogP contribution in [0.3, 0.4) is 0 Å². The van der Waals surface area contributed by atoms with E-state index in [1.165, 1.54) is 4.90 Å². The minimum absolute atomic E-state index is 0.125. The number of imide groups is 1. The predicted molar refractivity (Wildman–Crippen MR) is 74.4 cm³/mol. The van der Waals surface area contributed by atoms with Crippen LogP contribution in [0.1, 0.15) is 38.3 Å². The maximum absolute atomic E-state index is 12.0. The number of nitriles is 1. The van der Waals surface area contributed by atoms with Gasteiger partial charge in [0.2, 0.25) is 11.8 Å². The van der Waals surface area contributed by atoms with Gasteiger partial charge in [0.25, 0.3) is 0 Å². The molecule has 0 N–H and O–H groups in total. The first-order valence-corrected chi connectivity index (χ1v) is 6.70. The van der Waals surface area contributed by atoms with Crippen LogP contribution < -0.4 is 0 Å². The molecule has 1 atom stereocenters. The average Bonchev–Trinajstić information content (AvgIpc) is 2.66. The molecule has 0 bridgehead atoms. The molecule has 2 rings (SSSR count). The molecule has 1 fully saturated rings. The Morgan fingerprint density at radius 1 is 1.35 bits per heavy atom. The number of likely N-dealkylation sites (tertiary alicyclic amines) is 1. The van der Waals surface area contributed by atoms with Gasteiger partial charge in [0, 0.05) is 12.3 Å². The third-order valence-electron chi connectivity index (χ3n) is 3.77. The SMILES string of the molecule is CC1CC(=O)N(Cc2ccccc2C(C)(C)C#N)C1=O. The fraction of sp³-hybridized carbons (Fsp3) is 0.438. The quantitative estimate of drug-likeness (QED) is 0.792. The number of amides is 2. The molecule has 0 saturated carbocycles. The second-order valence-corrected chi connectivity index (χ2v) is 5.82. The van der Waals surface area contributed by atoms with Crippen molar-refractivity contribution in [2.75, 3.05) is 0 Å².